The number of hydrogen-bond donors (Lipinski definition) is 2. The van der Waals surface area contributed by atoms with Crippen molar-refractivity contribution in [1.82, 2.24) is 5.32 Å². The molecule has 1 aromatic carbocycles. The lowest BCUT2D eigenvalue weighted by molar-refractivity contribution is -0.138. The molecule has 2 N–H and O–H groups in total. The third kappa shape index (κ3) is 5.96. The van der Waals surface area contributed by atoms with Gasteiger partial charge < -0.3 is 19.9 Å². The van der Waals surface area contributed by atoms with E-state index in [-0.39, 0.29) is 24.2 Å². The molecule has 0 aliphatic heterocycles. The van der Waals surface area contributed by atoms with Gasteiger partial charge in [-0.3, -0.25) is 9.59 Å². The van der Waals surface area contributed by atoms with Gasteiger partial charge in [-0.2, -0.15) is 0 Å². The molecule has 0 spiro atoms. The van der Waals surface area contributed by atoms with E-state index in [1.807, 2.05) is 20.8 Å². The molecule has 25 heavy (non-hydrogen) atoms. The molecule has 0 radical (unpaired) electrons. The number of methoxy groups -OCH3 is 2. The van der Waals surface area contributed by atoms with Crippen LogP contribution in [-0.4, -0.2) is 31.2 Å². The number of hydrogen-bond acceptors (Lipinski definition) is 4. The summed E-state index contributed by atoms with van der Waals surface area (Å²) in [5, 5.41) is 12.1. The Labute approximate surface area is 149 Å². The van der Waals surface area contributed by atoms with Crippen molar-refractivity contribution < 1.29 is 24.2 Å². The summed E-state index contributed by atoms with van der Waals surface area (Å²) in [6.45, 7) is 6.04. The lowest BCUT2D eigenvalue weighted by Crippen LogP contribution is -2.37. The molecule has 0 aromatic heterocycles. The van der Waals surface area contributed by atoms with E-state index in [2.05, 4.69) is 5.32 Å². The third-order valence-corrected chi connectivity index (χ3v) is 4.25. The van der Waals surface area contributed by atoms with Gasteiger partial charge in [-0.05, 0) is 30.0 Å². The minimum Gasteiger partial charge on any atom is -0.493 e. The molecule has 6 nitrogen and oxygen atoms in total. The Bertz CT molecular complexity index is 585. The Kier molecular flexibility index (Phi) is 8.25. The summed E-state index contributed by atoms with van der Waals surface area (Å²) >= 11 is 0. The number of ether oxygens (including phenoxy) is 2. The van der Waals surface area contributed by atoms with Crippen LogP contribution in [-0.2, 0) is 9.59 Å². The van der Waals surface area contributed by atoms with Gasteiger partial charge in [-0.1, -0.05) is 33.3 Å². The summed E-state index contributed by atoms with van der Waals surface area (Å²) in [5.41, 5.74) is 0.674. The molecule has 2 atom stereocenters. The Balaban J connectivity index is 3.08. The van der Waals surface area contributed by atoms with E-state index in [0.29, 0.717) is 17.1 Å². The highest BCUT2D eigenvalue weighted by Crippen LogP contribution is 2.31. The molecule has 0 fully saturated rings. The average Bonchev–Trinajstić information content (AvgIpc) is 2.57. The zero-order valence-electron chi connectivity index (χ0n) is 15.7. The molecular weight excluding hydrogens is 322 g/mol. The van der Waals surface area contributed by atoms with Crippen LogP contribution in [0.2, 0.25) is 0 Å². The molecule has 0 heterocycles. The lowest BCUT2D eigenvalue weighted by Gasteiger charge is -2.24. The van der Waals surface area contributed by atoms with Crippen molar-refractivity contribution in [3.05, 3.63) is 23.8 Å². The summed E-state index contributed by atoms with van der Waals surface area (Å²) in [6.07, 6.45) is 1.48. The van der Waals surface area contributed by atoms with Crippen LogP contribution in [0.1, 0.15) is 51.6 Å². The first-order valence-electron chi connectivity index (χ1n) is 8.58. The first-order chi connectivity index (χ1) is 11.8. The van der Waals surface area contributed by atoms with E-state index in [0.717, 1.165) is 12.8 Å². The largest absolute Gasteiger partial charge is 0.493 e. The fourth-order valence-corrected chi connectivity index (χ4v) is 2.85. The van der Waals surface area contributed by atoms with Crippen molar-refractivity contribution in [3.63, 3.8) is 0 Å². The van der Waals surface area contributed by atoms with Gasteiger partial charge in [0.1, 0.15) is 0 Å². The average molecular weight is 351 g/mol. The quantitative estimate of drug-likeness (QED) is 0.675. The number of carbonyl (C=O) groups excluding carboxylic acids is 1. The molecule has 1 aromatic rings. The molecule has 1 rings (SSSR count). The van der Waals surface area contributed by atoms with Crippen molar-refractivity contribution in [2.45, 2.75) is 46.1 Å². The van der Waals surface area contributed by atoms with E-state index in [9.17, 15) is 14.7 Å². The Hall–Kier alpha value is -2.24. The van der Waals surface area contributed by atoms with Crippen molar-refractivity contribution in [1.29, 1.82) is 0 Å². The standard InChI is InChI=1S/C19H29NO5/c1-6-7-14(12(2)3)19(23)20-15(11-18(21)22)13-8-9-16(24-4)17(10-13)25-5/h8-10,12,14-15H,6-7,11H2,1-5H3,(H,20,23)(H,21,22). The number of aliphatic carboxylic acids is 1. The van der Waals surface area contributed by atoms with Crippen LogP contribution < -0.4 is 14.8 Å². The van der Waals surface area contributed by atoms with Crippen molar-refractivity contribution in [3.8, 4) is 11.5 Å². The molecule has 1 amide bonds. The van der Waals surface area contributed by atoms with E-state index in [1.54, 1.807) is 18.2 Å². The summed E-state index contributed by atoms with van der Waals surface area (Å²) in [7, 11) is 3.05. The van der Waals surface area contributed by atoms with Crippen LogP contribution >= 0.6 is 0 Å². The number of rotatable bonds is 10. The van der Waals surface area contributed by atoms with Gasteiger partial charge in [-0.15, -0.1) is 0 Å². The van der Waals surface area contributed by atoms with Gasteiger partial charge in [0.25, 0.3) is 0 Å². The maximum absolute atomic E-state index is 12.7. The predicted molar refractivity (Wildman–Crippen MR) is 95.9 cm³/mol. The highest BCUT2D eigenvalue weighted by Gasteiger charge is 2.26. The Morgan fingerprint density at radius 2 is 1.80 bits per heavy atom. The SMILES string of the molecule is CCCC(C(=O)NC(CC(=O)O)c1ccc(OC)c(OC)c1)C(C)C. The zero-order chi connectivity index (χ0) is 19.0. The number of nitrogens with one attached hydrogen (secondary N) is 1. The van der Waals surface area contributed by atoms with Gasteiger partial charge in [-0.25, -0.2) is 0 Å². The second kappa shape index (κ2) is 9.91. The second-order valence-corrected chi connectivity index (χ2v) is 6.41. The fourth-order valence-electron chi connectivity index (χ4n) is 2.85. The third-order valence-electron chi connectivity index (χ3n) is 4.25. The number of carboxylic acids is 1. The maximum Gasteiger partial charge on any atom is 0.305 e. The highest BCUT2D eigenvalue weighted by atomic mass is 16.5. The zero-order valence-corrected chi connectivity index (χ0v) is 15.7. The Morgan fingerprint density at radius 3 is 2.28 bits per heavy atom. The molecule has 6 heteroatoms. The normalized spacial score (nSPS) is 13.2. The van der Waals surface area contributed by atoms with Gasteiger partial charge in [0.15, 0.2) is 11.5 Å². The summed E-state index contributed by atoms with van der Waals surface area (Å²) in [6, 6.07) is 4.54. The lowest BCUT2D eigenvalue weighted by atomic mass is 9.90. The minimum absolute atomic E-state index is 0.113. The first-order valence-corrected chi connectivity index (χ1v) is 8.58. The monoisotopic (exact) mass is 351 g/mol. The number of amides is 1. The molecule has 0 aliphatic rings. The number of carbonyl (C=O) groups is 2. The molecular formula is C19H29NO5. The molecule has 140 valence electrons. The van der Waals surface area contributed by atoms with Crippen molar-refractivity contribution >= 4 is 11.9 Å². The smallest absolute Gasteiger partial charge is 0.305 e. The van der Waals surface area contributed by atoms with E-state index < -0.39 is 12.0 Å². The van der Waals surface area contributed by atoms with Crippen LogP contribution in [0, 0.1) is 11.8 Å². The van der Waals surface area contributed by atoms with E-state index in [4.69, 9.17) is 9.47 Å². The molecule has 0 saturated carbocycles. The van der Waals surface area contributed by atoms with Crippen LogP contribution in [0.5, 0.6) is 11.5 Å². The minimum atomic E-state index is -0.975. The van der Waals surface area contributed by atoms with Gasteiger partial charge in [0, 0.05) is 5.92 Å². The highest BCUT2D eigenvalue weighted by molar-refractivity contribution is 5.80. The topological polar surface area (TPSA) is 84.9 Å². The maximum atomic E-state index is 12.7. The van der Waals surface area contributed by atoms with Crippen molar-refractivity contribution in [2.75, 3.05) is 14.2 Å². The summed E-state index contributed by atoms with van der Waals surface area (Å²) < 4.78 is 10.5. The van der Waals surface area contributed by atoms with Crippen LogP contribution in [0.3, 0.4) is 0 Å². The molecule has 0 saturated heterocycles. The van der Waals surface area contributed by atoms with Crippen LogP contribution in [0.25, 0.3) is 0 Å². The van der Waals surface area contributed by atoms with Crippen molar-refractivity contribution in [2.24, 2.45) is 11.8 Å². The van der Waals surface area contributed by atoms with Gasteiger partial charge in [0.2, 0.25) is 5.91 Å². The Morgan fingerprint density at radius 1 is 1.16 bits per heavy atom. The number of carboxylic acid groups (broad SMARTS) is 1. The first kappa shape index (κ1) is 20.8. The number of benzene rings is 1. The fraction of sp³-hybridized carbons (Fsp3) is 0.579. The summed E-state index contributed by atoms with van der Waals surface area (Å²) in [4.78, 5) is 23.9. The molecule has 2 unspecified atom stereocenters. The van der Waals surface area contributed by atoms with Crippen LogP contribution in [0.15, 0.2) is 18.2 Å². The summed E-state index contributed by atoms with van der Waals surface area (Å²) in [5.74, 6) is 0.0168. The second-order valence-electron chi connectivity index (χ2n) is 6.41. The predicted octanol–water partition coefficient (Wildman–Crippen LogP) is 3.41. The van der Waals surface area contributed by atoms with Gasteiger partial charge in [0.05, 0.1) is 26.7 Å². The molecule has 0 bridgehead atoms. The van der Waals surface area contributed by atoms with E-state index in [1.165, 1.54) is 14.2 Å². The van der Waals surface area contributed by atoms with Gasteiger partial charge >= 0.3 is 5.97 Å². The van der Waals surface area contributed by atoms with E-state index >= 15 is 0 Å². The van der Waals surface area contributed by atoms with Crippen LogP contribution in [0.4, 0.5) is 0 Å². The molecule has 0 aliphatic carbocycles.